The minimum Gasteiger partial charge on any atom is -0.460 e. The predicted octanol–water partition coefficient (Wildman–Crippen LogP) is 3.49. The molecule has 0 unspecified atom stereocenters. The molecule has 0 spiro atoms. The molecule has 0 rings (SSSR count). The number of carbonyl (C=O) groups excluding carboxylic acids is 1. The molecule has 26 heavy (non-hydrogen) atoms. The molecular weight excluding hydrogens is 354 g/mol. The van der Waals surface area contributed by atoms with Crippen molar-refractivity contribution in [1.82, 2.24) is 0 Å². The fourth-order valence-corrected chi connectivity index (χ4v) is 3.64. The topological polar surface area (TPSA) is 66.8 Å². The number of quaternary nitrogens is 1. The molecule has 0 saturated heterocycles. The van der Waals surface area contributed by atoms with Gasteiger partial charge >= 0.3 is 5.97 Å². The van der Waals surface area contributed by atoms with Crippen LogP contribution in [0.3, 0.4) is 0 Å². The zero-order chi connectivity index (χ0) is 19.5. The number of esters is 1. The van der Waals surface area contributed by atoms with Crippen molar-refractivity contribution in [2.24, 2.45) is 0 Å². The zero-order valence-corrected chi connectivity index (χ0v) is 17.5. The highest BCUT2D eigenvalue weighted by Gasteiger charge is 2.26. The summed E-state index contributed by atoms with van der Waals surface area (Å²) < 4.78 is 5.84. The first-order valence-corrected chi connectivity index (χ1v) is 11.0. The smallest absolute Gasteiger partial charge is 0.305 e. The number of unbranched alkanes of at least 4 members (excludes halogenated alkanes) is 8. The van der Waals surface area contributed by atoms with E-state index in [0.717, 1.165) is 12.8 Å². The van der Waals surface area contributed by atoms with Gasteiger partial charge in [-0.05, 0) is 6.42 Å². The molecule has 6 heteroatoms. The second kappa shape index (κ2) is 18.0. The van der Waals surface area contributed by atoms with E-state index in [1.807, 2.05) is 0 Å². The fraction of sp³-hybridized carbons (Fsp3) is 0.950. The summed E-state index contributed by atoms with van der Waals surface area (Å²) in [6, 6.07) is 0. The van der Waals surface area contributed by atoms with Gasteiger partial charge in [0, 0.05) is 6.42 Å². The van der Waals surface area contributed by atoms with Crippen LogP contribution in [0.5, 0.6) is 0 Å². The van der Waals surface area contributed by atoms with Crippen LogP contribution in [-0.4, -0.2) is 72.5 Å². The Labute approximate surface area is 165 Å². The molecule has 5 nitrogen and oxygen atoms in total. The Morgan fingerprint density at radius 3 is 1.88 bits per heavy atom. The van der Waals surface area contributed by atoms with Gasteiger partial charge in [0.05, 0.1) is 25.6 Å². The van der Waals surface area contributed by atoms with E-state index >= 15 is 0 Å². The van der Waals surface area contributed by atoms with Crippen LogP contribution in [0.15, 0.2) is 0 Å². The number of alkyl halides is 1. The van der Waals surface area contributed by atoms with Gasteiger partial charge in [-0.3, -0.25) is 4.79 Å². The summed E-state index contributed by atoms with van der Waals surface area (Å²) in [5.41, 5.74) is 0. The minimum absolute atomic E-state index is 0.0310. The average Bonchev–Trinajstić information content (AvgIpc) is 2.61. The average molecular weight is 395 g/mol. The lowest BCUT2D eigenvalue weighted by Gasteiger charge is -2.37. The van der Waals surface area contributed by atoms with Crippen LogP contribution in [-0.2, 0) is 9.53 Å². The van der Waals surface area contributed by atoms with Crippen molar-refractivity contribution in [3.8, 4) is 0 Å². The molecule has 0 heterocycles. The van der Waals surface area contributed by atoms with Gasteiger partial charge in [-0.15, -0.1) is 11.6 Å². The third-order valence-corrected chi connectivity index (χ3v) is 5.19. The van der Waals surface area contributed by atoms with Crippen molar-refractivity contribution in [1.29, 1.82) is 0 Å². The number of carbonyl (C=O) groups is 1. The highest BCUT2D eigenvalue weighted by atomic mass is 35.5. The number of nitrogens with zero attached hydrogens (tertiary/aromatic N) is 1. The van der Waals surface area contributed by atoms with E-state index in [1.54, 1.807) is 0 Å². The van der Waals surface area contributed by atoms with Crippen LogP contribution in [0.25, 0.3) is 0 Å². The number of ether oxygens (including phenoxy) is 1. The Balaban J connectivity index is 3.79. The SMILES string of the molecule is CCCCCCCCCCCC(=O)OCC[N+](CCO)(CCO)CCCl. The van der Waals surface area contributed by atoms with Crippen LogP contribution in [0.4, 0.5) is 0 Å². The number of halogens is 1. The molecule has 0 aliphatic rings. The third kappa shape index (κ3) is 13.8. The largest absolute Gasteiger partial charge is 0.460 e. The molecule has 0 fully saturated rings. The van der Waals surface area contributed by atoms with Gasteiger partial charge in [-0.1, -0.05) is 58.3 Å². The quantitative estimate of drug-likeness (QED) is 0.152. The summed E-state index contributed by atoms with van der Waals surface area (Å²) in [7, 11) is 0. The second-order valence-corrected chi connectivity index (χ2v) is 7.55. The Bertz CT molecular complexity index is 312. The summed E-state index contributed by atoms with van der Waals surface area (Å²) in [5, 5.41) is 18.5. The van der Waals surface area contributed by atoms with Crippen molar-refractivity contribution in [3.63, 3.8) is 0 Å². The molecule has 0 aliphatic heterocycles. The van der Waals surface area contributed by atoms with Gasteiger partial charge in [-0.25, -0.2) is 0 Å². The van der Waals surface area contributed by atoms with E-state index in [9.17, 15) is 15.0 Å². The number of hydrogen-bond acceptors (Lipinski definition) is 4. The lowest BCUT2D eigenvalue weighted by molar-refractivity contribution is -0.926. The minimum atomic E-state index is -0.148. The van der Waals surface area contributed by atoms with Crippen molar-refractivity contribution < 1.29 is 24.2 Å². The normalized spacial score (nSPS) is 11.7. The van der Waals surface area contributed by atoms with E-state index in [-0.39, 0.29) is 19.2 Å². The van der Waals surface area contributed by atoms with E-state index in [2.05, 4.69) is 6.92 Å². The highest BCUT2D eigenvalue weighted by molar-refractivity contribution is 6.17. The molecule has 0 atom stereocenters. The first-order valence-electron chi connectivity index (χ1n) is 10.4. The number of aliphatic hydroxyl groups is 2. The maximum atomic E-state index is 11.9. The fourth-order valence-electron chi connectivity index (χ4n) is 3.28. The summed E-state index contributed by atoms with van der Waals surface area (Å²) >= 11 is 5.86. The van der Waals surface area contributed by atoms with Gasteiger partial charge in [0.15, 0.2) is 0 Å². The van der Waals surface area contributed by atoms with Crippen molar-refractivity contribution in [2.45, 2.75) is 71.1 Å². The molecule has 156 valence electrons. The van der Waals surface area contributed by atoms with Crippen molar-refractivity contribution in [3.05, 3.63) is 0 Å². The van der Waals surface area contributed by atoms with Crippen LogP contribution < -0.4 is 0 Å². The summed E-state index contributed by atoms with van der Waals surface area (Å²) in [6.45, 7) is 4.87. The molecule has 0 amide bonds. The standard InChI is InChI=1S/C20H41ClNO4/c1-2-3-4-5-6-7-8-9-10-11-20(25)26-19-16-22(13-12-21,14-17-23)15-18-24/h23-24H,2-19H2,1H3/q+1. The van der Waals surface area contributed by atoms with Crippen LogP contribution >= 0.6 is 11.6 Å². The molecule has 0 aromatic rings. The molecular formula is C20H41ClNO4+. The van der Waals surface area contributed by atoms with E-state index in [4.69, 9.17) is 16.3 Å². The molecule has 0 aliphatic carbocycles. The Hall–Kier alpha value is -0.360. The summed E-state index contributed by atoms with van der Waals surface area (Å²) in [5.74, 6) is 0.303. The van der Waals surface area contributed by atoms with Gasteiger partial charge in [0.1, 0.15) is 26.2 Å². The predicted molar refractivity (Wildman–Crippen MR) is 107 cm³/mol. The molecule has 2 N–H and O–H groups in total. The van der Waals surface area contributed by atoms with Crippen molar-refractivity contribution in [2.75, 3.05) is 51.9 Å². The Kier molecular flexibility index (Phi) is 17.8. The number of aliphatic hydroxyl groups excluding tert-OH is 2. The number of hydrogen-bond donors (Lipinski definition) is 2. The van der Waals surface area contributed by atoms with E-state index < -0.39 is 0 Å². The molecule has 0 bridgehead atoms. The van der Waals surface area contributed by atoms with Crippen LogP contribution in [0.1, 0.15) is 71.1 Å². The van der Waals surface area contributed by atoms with Crippen LogP contribution in [0, 0.1) is 0 Å². The third-order valence-electron chi connectivity index (χ3n) is 5.02. The maximum Gasteiger partial charge on any atom is 0.305 e. The van der Waals surface area contributed by atoms with Crippen molar-refractivity contribution >= 4 is 17.6 Å². The highest BCUT2D eigenvalue weighted by Crippen LogP contribution is 2.11. The van der Waals surface area contributed by atoms with Gasteiger partial charge in [0.2, 0.25) is 0 Å². The monoisotopic (exact) mass is 394 g/mol. The number of rotatable bonds is 19. The Morgan fingerprint density at radius 2 is 1.38 bits per heavy atom. The van der Waals surface area contributed by atoms with Crippen LogP contribution in [0.2, 0.25) is 0 Å². The molecule has 0 aromatic carbocycles. The molecule has 0 radical (unpaired) electrons. The van der Waals surface area contributed by atoms with E-state index in [1.165, 1.54) is 44.9 Å². The first kappa shape index (κ1) is 25.6. The summed E-state index contributed by atoms with van der Waals surface area (Å²) in [6.07, 6.45) is 11.5. The zero-order valence-electron chi connectivity index (χ0n) is 16.8. The molecule has 0 saturated carbocycles. The Morgan fingerprint density at radius 1 is 0.846 bits per heavy atom. The van der Waals surface area contributed by atoms with Gasteiger partial charge in [0.25, 0.3) is 0 Å². The first-order chi connectivity index (χ1) is 12.6. The summed E-state index contributed by atoms with van der Waals surface area (Å²) in [4.78, 5) is 11.9. The maximum absolute atomic E-state index is 11.9. The van der Waals surface area contributed by atoms with Gasteiger partial charge < -0.3 is 19.4 Å². The second-order valence-electron chi connectivity index (χ2n) is 7.17. The lowest BCUT2D eigenvalue weighted by Crippen LogP contribution is -2.54. The van der Waals surface area contributed by atoms with Gasteiger partial charge in [-0.2, -0.15) is 0 Å². The van der Waals surface area contributed by atoms with E-state index in [0.29, 0.717) is 49.6 Å². The molecule has 0 aromatic heterocycles. The lowest BCUT2D eigenvalue weighted by atomic mass is 10.1.